The summed E-state index contributed by atoms with van der Waals surface area (Å²) < 4.78 is 6.55. The maximum atomic E-state index is 6.55. The van der Waals surface area contributed by atoms with E-state index in [4.69, 9.17) is 9.41 Å². The molecule has 1 aliphatic heterocycles. The van der Waals surface area contributed by atoms with Gasteiger partial charge in [0.05, 0.1) is 17.4 Å². The van der Waals surface area contributed by atoms with Crippen molar-refractivity contribution >= 4 is 71.8 Å². The standard InChI is InChI=1S/C44H28N2O/c1-2-15-32-27(10-1)22-23-40-41(32)38-21-9-20-33(44(38)47-40)30-13-7-11-28(24-30)29-12-8-14-31(25-29)39-26-45-42-36-18-5-3-16-34(36)35-17-4-6-19-37(35)43(42)46-39/h1-26,39,46H. The van der Waals surface area contributed by atoms with Crippen molar-refractivity contribution < 1.29 is 4.42 Å². The Kier molecular flexibility index (Phi) is 5.64. The van der Waals surface area contributed by atoms with Gasteiger partial charge in [-0.1, -0.05) is 133 Å². The minimum absolute atomic E-state index is 0.0469. The van der Waals surface area contributed by atoms with Gasteiger partial charge >= 0.3 is 0 Å². The summed E-state index contributed by atoms with van der Waals surface area (Å²) in [4.78, 5) is 5.05. The second-order valence-electron chi connectivity index (χ2n) is 12.4. The highest BCUT2D eigenvalue weighted by atomic mass is 16.3. The van der Waals surface area contributed by atoms with E-state index in [1.54, 1.807) is 0 Å². The Bertz CT molecular complexity index is 2730. The molecule has 3 nitrogen and oxygen atoms in total. The van der Waals surface area contributed by atoms with Crippen LogP contribution in [0.25, 0.3) is 76.5 Å². The third kappa shape index (κ3) is 4.03. The van der Waals surface area contributed by atoms with Crippen LogP contribution in [0.3, 0.4) is 0 Å². The molecule has 1 aromatic heterocycles. The van der Waals surface area contributed by atoms with Crippen LogP contribution in [-0.4, -0.2) is 6.21 Å². The minimum Gasteiger partial charge on any atom is -0.455 e. The van der Waals surface area contributed by atoms with Crippen molar-refractivity contribution in [3.05, 3.63) is 157 Å². The zero-order valence-corrected chi connectivity index (χ0v) is 25.4. The van der Waals surface area contributed by atoms with Gasteiger partial charge in [-0.15, -0.1) is 0 Å². The van der Waals surface area contributed by atoms with Gasteiger partial charge in [0, 0.05) is 33.3 Å². The van der Waals surface area contributed by atoms with E-state index in [0.717, 1.165) is 50.2 Å². The summed E-state index contributed by atoms with van der Waals surface area (Å²) in [5.74, 6) is 0. The highest BCUT2D eigenvalue weighted by Crippen LogP contribution is 2.45. The average Bonchev–Trinajstić information content (AvgIpc) is 3.54. The predicted molar refractivity (Wildman–Crippen MR) is 198 cm³/mol. The van der Waals surface area contributed by atoms with Gasteiger partial charge in [-0.3, -0.25) is 4.99 Å². The number of anilines is 1. The first kappa shape index (κ1) is 26.1. The van der Waals surface area contributed by atoms with Crippen molar-refractivity contribution in [3.8, 4) is 22.3 Å². The van der Waals surface area contributed by atoms with Crippen molar-refractivity contribution in [3.63, 3.8) is 0 Å². The smallest absolute Gasteiger partial charge is 0.143 e. The van der Waals surface area contributed by atoms with Gasteiger partial charge in [0.15, 0.2) is 0 Å². The average molecular weight is 601 g/mol. The quantitative estimate of drug-likeness (QED) is 0.205. The predicted octanol–water partition coefficient (Wildman–Crippen LogP) is 12.2. The number of para-hydroxylation sites is 1. The topological polar surface area (TPSA) is 37.5 Å². The number of fused-ring (bicyclic) bond motifs is 11. The number of nitrogens with one attached hydrogen (secondary N) is 1. The van der Waals surface area contributed by atoms with Crippen molar-refractivity contribution in [2.45, 2.75) is 6.04 Å². The molecule has 0 spiro atoms. The largest absolute Gasteiger partial charge is 0.455 e. The van der Waals surface area contributed by atoms with Crippen molar-refractivity contribution in [1.82, 2.24) is 0 Å². The number of hydrogen-bond acceptors (Lipinski definition) is 3. The molecular formula is C44H28N2O. The summed E-state index contributed by atoms with van der Waals surface area (Å²) in [6.45, 7) is 0. The van der Waals surface area contributed by atoms with E-state index in [9.17, 15) is 0 Å². The van der Waals surface area contributed by atoms with E-state index < -0.39 is 0 Å². The first-order valence-electron chi connectivity index (χ1n) is 16.1. The SMILES string of the molecule is C1=Nc2c(c3ccccc3c3ccccc23)NC1c1cccc(-c2cccc(-c3cccc4c3oc3ccc5ccccc5c34)c2)c1. The van der Waals surface area contributed by atoms with Crippen LogP contribution < -0.4 is 5.32 Å². The molecule has 0 bridgehead atoms. The third-order valence-electron chi connectivity index (χ3n) is 9.70. The summed E-state index contributed by atoms with van der Waals surface area (Å²) in [7, 11) is 0. The highest BCUT2D eigenvalue weighted by Gasteiger charge is 2.22. The summed E-state index contributed by atoms with van der Waals surface area (Å²) in [5, 5.41) is 13.4. The van der Waals surface area contributed by atoms with Gasteiger partial charge in [0.2, 0.25) is 0 Å². The van der Waals surface area contributed by atoms with Gasteiger partial charge in [-0.25, -0.2) is 0 Å². The summed E-state index contributed by atoms with van der Waals surface area (Å²) >= 11 is 0. The molecule has 0 saturated carbocycles. The fourth-order valence-electron chi connectivity index (χ4n) is 7.49. The second kappa shape index (κ2) is 10.2. The molecule has 10 rings (SSSR count). The summed E-state index contributed by atoms with van der Waals surface area (Å²) in [6, 6.07) is 53.9. The Labute approximate surface area is 271 Å². The molecular weight excluding hydrogens is 572 g/mol. The van der Waals surface area contributed by atoms with Crippen LogP contribution in [0.5, 0.6) is 0 Å². The van der Waals surface area contributed by atoms with Crippen LogP contribution in [0.15, 0.2) is 161 Å². The maximum absolute atomic E-state index is 6.55. The third-order valence-corrected chi connectivity index (χ3v) is 9.70. The van der Waals surface area contributed by atoms with Gasteiger partial charge in [0.1, 0.15) is 11.2 Å². The molecule has 0 fully saturated rings. The first-order chi connectivity index (χ1) is 23.3. The lowest BCUT2D eigenvalue weighted by Crippen LogP contribution is -2.15. The molecule has 2 heterocycles. The van der Waals surface area contributed by atoms with Crippen LogP contribution in [-0.2, 0) is 0 Å². The number of benzene rings is 8. The molecule has 0 saturated heterocycles. The van der Waals surface area contributed by atoms with E-state index in [2.05, 4.69) is 157 Å². The second-order valence-corrected chi connectivity index (χ2v) is 12.4. The van der Waals surface area contributed by atoms with E-state index in [0.29, 0.717) is 0 Å². The molecule has 9 aromatic rings. The monoisotopic (exact) mass is 600 g/mol. The molecule has 8 aromatic carbocycles. The molecule has 3 heteroatoms. The van der Waals surface area contributed by atoms with Gasteiger partial charge in [0.25, 0.3) is 0 Å². The lowest BCUT2D eigenvalue weighted by molar-refractivity contribution is 0.670. The van der Waals surface area contributed by atoms with E-state index in [1.165, 1.54) is 43.3 Å². The Balaban J connectivity index is 1.05. The first-order valence-corrected chi connectivity index (χ1v) is 16.1. The van der Waals surface area contributed by atoms with Crippen molar-refractivity contribution in [2.24, 2.45) is 4.99 Å². The van der Waals surface area contributed by atoms with Crippen molar-refractivity contribution in [1.29, 1.82) is 0 Å². The number of nitrogens with zero attached hydrogens (tertiary/aromatic N) is 1. The molecule has 1 unspecified atom stereocenters. The lowest BCUT2D eigenvalue weighted by Gasteiger charge is -2.25. The molecule has 1 atom stereocenters. The molecule has 0 aliphatic carbocycles. The zero-order chi connectivity index (χ0) is 30.9. The summed E-state index contributed by atoms with van der Waals surface area (Å²) in [5.41, 5.74) is 9.65. The maximum Gasteiger partial charge on any atom is 0.143 e. The van der Waals surface area contributed by atoms with E-state index in [-0.39, 0.29) is 6.04 Å². The number of aliphatic imine (C=N–C) groups is 1. The Morgan fingerprint density at radius 2 is 1.17 bits per heavy atom. The molecule has 0 radical (unpaired) electrons. The molecule has 47 heavy (non-hydrogen) atoms. The van der Waals surface area contributed by atoms with Crippen LogP contribution in [0, 0.1) is 0 Å². The van der Waals surface area contributed by atoms with Crippen molar-refractivity contribution in [2.75, 3.05) is 5.32 Å². The molecule has 1 N–H and O–H groups in total. The normalized spacial score (nSPS) is 14.3. The van der Waals surface area contributed by atoms with Crippen LogP contribution in [0.4, 0.5) is 11.4 Å². The lowest BCUT2D eigenvalue weighted by atomic mass is 9.94. The van der Waals surface area contributed by atoms with Crippen LogP contribution >= 0.6 is 0 Å². The Morgan fingerprint density at radius 1 is 0.511 bits per heavy atom. The van der Waals surface area contributed by atoms with Gasteiger partial charge in [-0.2, -0.15) is 0 Å². The van der Waals surface area contributed by atoms with Gasteiger partial charge < -0.3 is 9.73 Å². The molecule has 0 amide bonds. The Hall–Kier alpha value is -6.19. The molecule has 1 aliphatic rings. The Morgan fingerprint density at radius 3 is 2.04 bits per heavy atom. The number of hydrogen-bond donors (Lipinski definition) is 1. The summed E-state index contributed by atoms with van der Waals surface area (Å²) in [6.07, 6.45) is 2.05. The number of furan rings is 1. The zero-order valence-electron chi connectivity index (χ0n) is 25.4. The van der Waals surface area contributed by atoms with E-state index >= 15 is 0 Å². The van der Waals surface area contributed by atoms with Crippen LogP contribution in [0.2, 0.25) is 0 Å². The van der Waals surface area contributed by atoms with Gasteiger partial charge in [-0.05, 0) is 62.0 Å². The number of rotatable bonds is 3. The highest BCUT2D eigenvalue weighted by molar-refractivity contribution is 6.22. The van der Waals surface area contributed by atoms with E-state index in [1.807, 2.05) is 6.21 Å². The fourth-order valence-corrected chi connectivity index (χ4v) is 7.49. The minimum atomic E-state index is -0.0469. The molecule has 220 valence electrons. The fraction of sp³-hybridized carbons (Fsp3) is 0.0227. The van der Waals surface area contributed by atoms with Crippen LogP contribution in [0.1, 0.15) is 11.6 Å².